The van der Waals surface area contributed by atoms with Crippen LogP contribution in [0.3, 0.4) is 0 Å². The predicted octanol–water partition coefficient (Wildman–Crippen LogP) is 4.80. The first kappa shape index (κ1) is 25.7. The smallest absolute Gasteiger partial charge is 0.223 e. The Hall–Kier alpha value is -1.88. The zero-order chi connectivity index (χ0) is 23.3. The van der Waals surface area contributed by atoms with E-state index in [2.05, 4.69) is 34.2 Å². The van der Waals surface area contributed by atoms with Crippen LogP contribution in [0.4, 0.5) is 0 Å². The zero-order valence-corrected chi connectivity index (χ0v) is 20.8. The van der Waals surface area contributed by atoms with Crippen LogP contribution < -0.4 is 5.32 Å². The second kappa shape index (κ2) is 14.4. The molecule has 5 nitrogen and oxygen atoms in total. The van der Waals surface area contributed by atoms with E-state index in [9.17, 15) is 9.59 Å². The number of piperidine rings is 2. The highest BCUT2D eigenvalue weighted by molar-refractivity contribution is 5.78. The summed E-state index contributed by atoms with van der Waals surface area (Å²) in [6, 6.07) is 10.9. The number of carbonyl (C=O) groups excluding carboxylic acids is 2. The quantitative estimate of drug-likeness (QED) is 0.461. The van der Waals surface area contributed by atoms with Gasteiger partial charge in [-0.15, -0.1) is 0 Å². The van der Waals surface area contributed by atoms with Gasteiger partial charge in [-0.05, 0) is 57.2 Å². The van der Waals surface area contributed by atoms with E-state index in [4.69, 9.17) is 0 Å². The lowest BCUT2D eigenvalue weighted by Crippen LogP contribution is -2.50. The Kier molecular flexibility index (Phi) is 11.2. The van der Waals surface area contributed by atoms with E-state index in [1.807, 2.05) is 18.2 Å². The summed E-state index contributed by atoms with van der Waals surface area (Å²) in [6.45, 7) is 6.77. The van der Waals surface area contributed by atoms with Crippen molar-refractivity contribution in [3.8, 4) is 0 Å². The molecule has 3 rings (SSSR count). The fraction of sp³-hybridized carbons (Fsp3) is 0.714. The van der Waals surface area contributed by atoms with Crippen LogP contribution >= 0.6 is 0 Å². The molecule has 0 radical (unpaired) electrons. The number of benzene rings is 1. The van der Waals surface area contributed by atoms with Crippen molar-refractivity contribution >= 4 is 11.8 Å². The number of unbranched alkanes of at least 4 members (excludes halogenated alkanes) is 5. The van der Waals surface area contributed by atoms with Crippen molar-refractivity contribution in [2.24, 2.45) is 5.92 Å². The van der Waals surface area contributed by atoms with Crippen LogP contribution in [0.25, 0.3) is 0 Å². The SMILES string of the molecule is CCCCCCCCC(=O)N1CCC(N2CCC(C(=O)NCCc3ccccc3)CC2)CC1. The summed E-state index contributed by atoms with van der Waals surface area (Å²) >= 11 is 0. The molecule has 2 amide bonds. The molecule has 0 unspecified atom stereocenters. The number of hydrogen-bond donors (Lipinski definition) is 1. The lowest BCUT2D eigenvalue weighted by molar-refractivity contribution is -0.133. The number of hydrogen-bond acceptors (Lipinski definition) is 3. The first-order chi connectivity index (χ1) is 16.2. The van der Waals surface area contributed by atoms with Crippen LogP contribution in [-0.2, 0) is 16.0 Å². The average molecular weight is 456 g/mol. The Balaban J connectivity index is 1.27. The van der Waals surface area contributed by atoms with Gasteiger partial charge in [-0.1, -0.05) is 69.4 Å². The van der Waals surface area contributed by atoms with E-state index < -0.39 is 0 Å². The number of nitrogens with one attached hydrogen (secondary N) is 1. The third kappa shape index (κ3) is 8.77. The molecule has 0 aromatic heterocycles. The van der Waals surface area contributed by atoms with Crippen LogP contribution in [0.5, 0.6) is 0 Å². The van der Waals surface area contributed by atoms with Gasteiger partial charge in [0.25, 0.3) is 0 Å². The van der Waals surface area contributed by atoms with E-state index in [1.54, 1.807) is 0 Å². The topological polar surface area (TPSA) is 52.7 Å². The molecule has 2 fully saturated rings. The third-order valence-corrected chi connectivity index (χ3v) is 7.53. The Morgan fingerprint density at radius 3 is 2.24 bits per heavy atom. The lowest BCUT2D eigenvalue weighted by Gasteiger charge is -2.41. The maximum absolute atomic E-state index is 12.6. The van der Waals surface area contributed by atoms with Crippen molar-refractivity contribution < 1.29 is 9.59 Å². The van der Waals surface area contributed by atoms with Gasteiger partial charge in [-0.25, -0.2) is 0 Å². The summed E-state index contributed by atoms with van der Waals surface area (Å²) in [4.78, 5) is 29.8. The minimum atomic E-state index is 0.149. The monoisotopic (exact) mass is 455 g/mol. The molecule has 2 saturated heterocycles. The van der Waals surface area contributed by atoms with E-state index in [-0.39, 0.29) is 11.8 Å². The van der Waals surface area contributed by atoms with Crippen LogP contribution in [0.15, 0.2) is 30.3 Å². The van der Waals surface area contributed by atoms with Gasteiger partial charge in [0, 0.05) is 38.0 Å². The van der Waals surface area contributed by atoms with Gasteiger partial charge in [-0.3, -0.25) is 9.59 Å². The highest BCUT2D eigenvalue weighted by Crippen LogP contribution is 2.24. The summed E-state index contributed by atoms with van der Waals surface area (Å²) in [5.41, 5.74) is 1.27. The maximum Gasteiger partial charge on any atom is 0.223 e. The van der Waals surface area contributed by atoms with Gasteiger partial charge in [-0.2, -0.15) is 0 Å². The molecule has 5 heteroatoms. The summed E-state index contributed by atoms with van der Waals surface area (Å²) < 4.78 is 0. The molecule has 33 heavy (non-hydrogen) atoms. The van der Waals surface area contributed by atoms with Crippen molar-refractivity contribution in [1.29, 1.82) is 0 Å². The molecule has 2 aliphatic heterocycles. The lowest BCUT2D eigenvalue weighted by atomic mass is 9.92. The first-order valence-corrected chi connectivity index (χ1v) is 13.5. The minimum absolute atomic E-state index is 0.149. The summed E-state index contributed by atoms with van der Waals surface area (Å²) in [7, 11) is 0. The van der Waals surface area contributed by atoms with Crippen LogP contribution in [0.2, 0.25) is 0 Å². The summed E-state index contributed by atoms with van der Waals surface area (Å²) in [5, 5.41) is 3.14. The van der Waals surface area contributed by atoms with Gasteiger partial charge in [0.05, 0.1) is 0 Å². The van der Waals surface area contributed by atoms with E-state index in [0.717, 1.165) is 71.1 Å². The Bertz CT molecular complexity index is 692. The molecule has 0 aliphatic carbocycles. The number of rotatable bonds is 12. The van der Waals surface area contributed by atoms with Gasteiger partial charge in [0.15, 0.2) is 0 Å². The normalized spacial score (nSPS) is 18.4. The fourth-order valence-electron chi connectivity index (χ4n) is 5.34. The molecule has 0 bridgehead atoms. The highest BCUT2D eigenvalue weighted by atomic mass is 16.2. The average Bonchev–Trinajstić information content (AvgIpc) is 2.87. The molecule has 2 aliphatic rings. The van der Waals surface area contributed by atoms with E-state index in [1.165, 1.54) is 37.7 Å². The molecule has 0 atom stereocenters. The Morgan fingerprint density at radius 1 is 0.879 bits per heavy atom. The van der Waals surface area contributed by atoms with Crippen LogP contribution in [-0.4, -0.2) is 60.4 Å². The fourth-order valence-corrected chi connectivity index (χ4v) is 5.34. The number of amides is 2. The second-order valence-electron chi connectivity index (χ2n) is 9.97. The van der Waals surface area contributed by atoms with E-state index in [0.29, 0.717) is 18.5 Å². The van der Waals surface area contributed by atoms with Crippen molar-refractivity contribution in [3.05, 3.63) is 35.9 Å². The Labute approximate surface area is 201 Å². The molecule has 0 spiro atoms. The predicted molar refractivity (Wildman–Crippen MR) is 135 cm³/mol. The van der Waals surface area contributed by atoms with Crippen LogP contribution in [0, 0.1) is 5.92 Å². The largest absolute Gasteiger partial charge is 0.356 e. The van der Waals surface area contributed by atoms with Gasteiger partial charge in [0.2, 0.25) is 11.8 Å². The summed E-state index contributed by atoms with van der Waals surface area (Å²) in [6.07, 6.45) is 13.1. The van der Waals surface area contributed by atoms with Gasteiger partial charge < -0.3 is 15.1 Å². The molecule has 184 valence electrons. The molecule has 2 heterocycles. The summed E-state index contributed by atoms with van der Waals surface area (Å²) in [5.74, 6) is 0.728. The highest BCUT2D eigenvalue weighted by Gasteiger charge is 2.31. The number of likely N-dealkylation sites (tertiary alicyclic amines) is 2. The minimum Gasteiger partial charge on any atom is -0.356 e. The van der Waals surface area contributed by atoms with Crippen molar-refractivity contribution in [3.63, 3.8) is 0 Å². The van der Waals surface area contributed by atoms with Crippen LogP contribution in [0.1, 0.15) is 83.1 Å². The van der Waals surface area contributed by atoms with E-state index >= 15 is 0 Å². The molecule has 0 saturated carbocycles. The van der Waals surface area contributed by atoms with Gasteiger partial charge in [0.1, 0.15) is 0 Å². The van der Waals surface area contributed by atoms with Crippen molar-refractivity contribution in [2.45, 2.75) is 90.0 Å². The molecule has 1 aromatic rings. The third-order valence-electron chi connectivity index (χ3n) is 7.53. The second-order valence-corrected chi connectivity index (χ2v) is 9.97. The maximum atomic E-state index is 12.6. The number of nitrogens with zero attached hydrogens (tertiary/aromatic N) is 2. The zero-order valence-electron chi connectivity index (χ0n) is 20.8. The number of carbonyl (C=O) groups is 2. The molecular formula is C28H45N3O2. The van der Waals surface area contributed by atoms with Gasteiger partial charge >= 0.3 is 0 Å². The standard InChI is InChI=1S/C28H45N3O2/c1-2-3-4-5-6-10-13-27(32)31-22-17-26(18-23-31)30-20-15-25(16-21-30)28(33)29-19-14-24-11-8-7-9-12-24/h7-9,11-12,25-26H,2-6,10,13-23H2,1H3,(H,29,33). The van der Waals surface area contributed by atoms with Crippen molar-refractivity contribution in [1.82, 2.24) is 15.1 Å². The molecular weight excluding hydrogens is 410 g/mol. The molecule has 1 aromatic carbocycles. The van der Waals surface area contributed by atoms with Crippen molar-refractivity contribution in [2.75, 3.05) is 32.7 Å². The Morgan fingerprint density at radius 2 is 1.55 bits per heavy atom. The molecule has 1 N–H and O–H groups in total. The first-order valence-electron chi connectivity index (χ1n) is 13.5.